The van der Waals surface area contributed by atoms with E-state index in [-0.39, 0.29) is 5.38 Å². The van der Waals surface area contributed by atoms with Gasteiger partial charge in [-0.1, -0.05) is 0 Å². The maximum absolute atomic E-state index is 6.31. The number of hydrogen-bond donors (Lipinski definition) is 0. The van der Waals surface area contributed by atoms with E-state index in [2.05, 4.69) is 26.5 Å². The minimum absolute atomic E-state index is 0.0799. The molecular formula is C15H21ClN4. The van der Waals surface area contributed by atoms with E-state index < -0.39 is 0 Å². The van der Waals surface area contributed by atoms with Gasteiger partial charge in [0.25, 0.3) is 0 Å². The molecule has 1 saturated heterocycles. The molecule has 5 heteroatoms. The summed E-state index contributed by atoms with van der Waals surface area (Å²) in [5.74, 6) is 1.64. The molecule has 3 heterocycles. The van der Waals surface area contributed by atoms with Crippen molar-refractivity contribution in [3.8, 4) is 0 Å². The zero-order valence-electron chi connectivity index (χ0n) is 12.1. The van der Waals surface area contributed by atoms with Crippen LogP contribution in [0.3, 0.4) is 0 Å². The molecule has 2 unspecified atom stereocenters. The van der Waals surface area contributed by atoms with Crippen LogP contribution in [0.15, 0.2) is 18.5 Å². The Morgan fingerprint density at radius 2 is 2.35 bits per heavy atom. The fourth-order valence-electron chi connectivity index (χ4n) is 3.18. The van der Waals surface area contributed by atoms with Gasteiger partial charge in [-0.25, -0.2) is 4.98 Å². The molecule has 3 rings (SSSR count). The molecule has 2 aromatic rings. The van der Waals surface area contributed by atoms with E-state index in [4.69, 9.17) is 11.6 Å². The Balaban J connectivity index is 1.94. The average Bonchev–Trinajstić information content (AvgIpc) is 2.78. The quantitative estimate of drug-likeness (QED) is 0.815. The number of pyridine rings is 1. The van der Waals surface area contributed by atoms with Crippen LogP contribution in [-0.4, -0.2) is 39.6 Å². The summed E-state index contributed by atoms with van der Waals surface area (Å²) >= 11 is 6.31. The van der Waals surface area contributed by atoms with Crippen LogP contribution in [0, 0.1) is 5.92 Å². The Bertz CT molecular complexity index is 593. The molecule has 0 radical (unpaired) electrons. The van der Waals surface area contributed by atoms with Gasteiger partial charge in [-0.2, -0.15) is 0 Å². The number of piperidine rings is 1. The third-order valence-electron chi connectivity index (χ3n) is 4.10. The van der Waals surface area contributed by atoms with Gasteiger partial charge < -0.3 is 9.47 Å². The van der Waals surface area contributed by atoms with Gasteiger partial charge in [0.1, 0.15) is 11.3 Å². The SMILES string of the molecule is CC(Cl)c1nc2cnccc2n1CC1CCCN(C)C1. The van der Waals surface area contributed by atoms with E-state index in [0.717, 1.165) is 29.9 Å². The number of hydrogen-bond acceptors (Lipinski definition) is 3. The first-order valence-electron chi connectivity index (χ1n) is 7.28. The van der Waals surface area contributed by atoms with Crippen molar-refractivity contribution < 1.29 is 0 Å². The minimum atomic E-state index is -0.0799. The number of likely N-dealkylation sites (tertiary alicyclic amines) is 1. The zero-order valence-corrected chi connectivity index (χ0v) is 12.8. The Hall–Kier alpha value is -1.13. The Morgan fingerprint density at radius 1 is 1.50 bits per heavy atom. The lowest BCUT2D eigenvalue weighted by Crippen LogP contribution is -2.34. The van der Waals surface area contributed by atoms with Crippen LogP contribution < -0.4 is 0 Å². The van der Waals surface area contributed by atoms with E-state index in [1.54, 1.807) is 0 Å². The van der Waals surface area contributed by atoms with Crippen LogP contribution >= 0.6 is 11.6 Å². The third kappa shape index (κ3) is 2.67. The number of halogens is 1. The second kappa shape index (κ2) is 5.70. The van der Waals surface area contributed by atoms with Crippen LogP contribution in [-0.2, 0) is 6.54 Å². The van der Waals surface area contributed by atoms with Crippen molar-refractivity contribution in [2.45, 2.75) is 31.7 Å². The molecule has 0 aliphatic carbocycles. The summed E-state index contributed by atoms with van der Waals surface area (Å²) in [6.07, 6.45) is 6.21. The topological polar surface area (TPSA) is 34.0 Å². The number of imidazole rings is 1. The molecule has 0 aromatic carbocycles. The van der Waals surface area contributed by atoms with Crippen LogP contribution in [0.1, 0.15) is 31.0 Å². The summed E-state index contributed by atoms with van der Waals surface area (Å²) in [5, 5.41) is -0.0799. The Morgan fingerprint density at radius 3 is 3.10 bits per heavy atom. The van der Waals surface area contributed by atoms with Gasteiger partial charge in [0.15, 0.2) is 0 Å². The minimum Gasteiger partial charge on any atom is -0.326 e. The standard InChI is InChI=1S/C15H21ClN4/c1-11(16)15-18-13-8-17-6-5-14(13)20(15)10-12-4-3-7-19(2)9-12/h5-6,8,11-12H,3-4,7,9-10H2,1-2H3. The largest absolute Gasteiger partial charge is 0.326 e. The van der Waals surface area contributed by atoms with Crippen molar-refractivity contribution in [1.82, 2.24) is 19.4 Å². The number of fused-ring (bicyclic) bond motifs is 1. The van der Waals surface area contributed by atoms with Gasteiger partial charge in [-0.05, 0) is 45.3 Å². The molecule has 0 amide bonds. The molecule has 1 aliphatic heterocycles. The van der Waals surface area contributed by atoms with E-state index in [1.165, 1.54) is 19.4 Å². The molecule has 1 fully saturated rings. The highest BCUT2D eigenvalue weighted by molar-refractivity contribution is 6.20. The summed E-state index contributed by atoms with van der Waals surface area (Å²) in [7, 11) is 2.20. The highest BCUT2D eigenvalue weighted by atomic mass is 35.5. The predicted octanol–water partition coefficient (Wildman–Crippen LogP) is 3.07. The first-order chi connectivity index (χ1) is 9.65. The first-order valence-corrected chi connectivity index (χ1v) is 7.71. The van der Waals surface area contributed by atoms with Crippen molar-refractivity contribution in [2.24, 2.45) is 5.92 Å². The lowest BCUT2D eigenvalue weighted by atomic mass is 9.98. The van der Waals surface area contributed by atoms with Crippen molar-refractivity contribution in [1.29, 1.82) is 0 Å². The van der Waals surface area contributed by atoms with Crippen LogP contribution in [0.4, 0.5) is 0 Å². The molecular weight excluding hydrogens is 272 g/mol. The lowest BCUT2D eigenvalue weighted by molar-refractivity contribution is 0.194. The predicted molar refractivity (Wildman–Crippen MR) is 82.0 cm³/mol. The molecule has 0 saturated carbocycles. The highest BCUT2D eigenvalue weighted by Crippen LogP contribution is 2.27. The lowest BCUT2D eigenvalue weighted by Gasteiger charge is -2.30. The maximum atomic E-state index is 6.31. The molecule has 4 nitrogen and oxygen atoms in total. The summed E-state index contributed by atoms with van der Waals surface area (Å²) < 4.78 is 2.29. The third-order valence-corrected chi connectivity index (χ3v) is 4.29. The van der Waals surface area contributed by atoms with Gasteiger partial charge in [-0.3, -0.25) is 4.98 Å². The number of rotatable bonds is 3. The smallest absolute Gasteiger partial charge is 0.127 e. The van der Waals surface area contributed by atoms with Crippen molar-refractivity contribution in [3.05, 3.63) is 24.3 Å². The molecule has 0 spiro atoms. The van der Waals surface area contributed by atoms with E-state index >= 15 is 0 Å². The molecule has 2 aromatic heterocycles. The Kier molecular flexibility index (Phi) is 3.94. The van der Waals surface area contributed by atoms with Crippen molar-refractivity contribution >= 4 is 22.6 Å². The Labute approximate surface area is 124 Å². The van der Waals surface area contributed by atoms with Gasteiger partial charge in [0.2, 0.25) is 0 Å². The summed E-state index contributed by atoms with van der Waals surface area (Å²) in [5.41, 5.74) is 2.09. The zero-order chi connectivity index (χ0) is 14.1. The fraction of sp³-hybridized carbons (Fsp3) is 0.600. The van der Waals surface area contributed by atoms with E-state index in [1.807, 2.05) is 25.4 Å². The first kappa shape index (κ1) is 13.8. The monoisotopic (exact) mass is 292 g/mol. The summed E-state index contributed by atoms with van der Waals surface area (Å²) in [6.45, 7) is 5.35. The van der Waals surface area contributed by atoms with Crippen LogP contribution in [0.25, 0.3) is 11.0 Å². The van der Waals surface area contributed by atoms with Crippen LogP contribution in [0.2, 0.25) is 0 Å². The van der Waals surface area contributed by atoms with E-state index in [0.29, 0.717) is 5.92 Å². The molecule has 0 bridgehead atoms. The van der Waals surface area contributed by atoms with Crippen molar-refractivity contribution in [2.75, 3.05) is 20.1 Å². The molecule has 20 heavy (non-hydrogen) atoms. The molecule has 0 N–H and O–H groups in total. The van der Waals surface area contributed by atoms with Gasteiger partial charge in [-0.15, -0.1) is 11.6 Å². The van der Waals surface area contributed by atoms with Gasteiger partial charge in [0.05, 0.1) is 17.1 Å². The second-order valence-corrected chi connectivity index (χ2v) is 6.49. The summed E-state index contributed by atoms with van der Waals surface area (Å²) in [4.78, 5) is 11.2. The van der Waals surface area contributed by atoms with E-state index in [9.17, 15) is 0 Å². The fourth-order valence-corrected chi connectivity index (χ4v) is 3.34. The molecule has 108 valence electrons. The average molecular weight is 293 g/mol. The number of nitrogens with zero attached hydrogens (tertiary/aromatic N) is 4. The van der Waals surface area contributed by atoms with Crippen LogP contribution in [0.5, 0.6) is 0 Å². The van der Waals surface area contributed by atoms with Gasteiger partial charge >= 0.3 is 0 Å². The van der Waals surface area contributed by atoms with Crippen molar-refractivity contribution in [3.63, 3.8) is 0 Å². The number of alkyl halides is 1. The molecule has 2 atom stereocenters. The maximum Gasteiger partial charge on any atom is 0.127 e. The van der Waals surface area contributed by atoms with Gasteiger partial charge in [0, 0.05) is 19.3 Å². The summed E-state index contributed by atoms with van der Waals surface area (Å²) in [6, 6.07) is 2.04. The molecule has 1 aliphatic rings. The highest BCUT2D eigenvalue weighted by Gasteiger charge is 2.21. The number of aromatic nitrogens is 3. The normalized spacial score (nSPS) is 22.2. The second-order valence-electron chi connectivity index (χ2n) is 5.83.